The molecule has 0 radical (unpaired) electrons. The van der Waals surface area contributed by atoms with Crippen molar-refractivity contribution in [3.05, 3.63) is 97.1 Å². The van der Waals surface area contributed by atoms with Gasteiger partial charge in [-0.3, -0.25) is 19.3 Å². The van der Waals surface area contributed by atoms with Gasteiger partial charge >= 0.3 is 0 Å². The van der Waals surface area contributed by atoms with Crippen LogP contribution in [0.4, 0.5) is 0 Å². The van der Waals surface area contributed by atoms with Gasteiger partial charge in [0.25, 0.3) is 0 Å². The number of hydrogen-bond acceptors (Lipinski definition) is 7. The van der Waals surface area contributed by atoms with E-state index >= 15 is 9.59 Å². The van der Waals surface area contributed by atoms with Crippen molar-refractivity contribution in [2.24, 2.45) is 17.8 Å². The van der Waals surface area contributed by atoms with Gasteiger partial charge in [-0.1, -0.05) is 79.7 Å². The molecular weight excluding hydrogens is 625 g/mol. The largest absolute Gasteiger partial charge is 0.394 e. The average Bonchev–Trinajstić information content (AvgIpc) is 3.71. The van der Waals surface area contributed by atoms with Gasteiger partial charge in [0.05, 0.1) is 42.4 Å². The van der Waals surface area contributed by atoms with E-state index in [1.54, 1.807) is 33.7 Å². The fourth-order valence-corrected chi connectivity index (χ4v) is 10.9. The quantitative estimate of drug-likeness (QED) is 0.307. The number of aliphatic hydroxyl groups excluding tert-OH is 1. The van der Waals surface area contributed by atoms with Crippen LogP contribution in [0.2, 0.25) is 0 Å². The number of fused-ring (bicyclic) bond motifs is 1. The summed E-state index contributed by atoms with van der Waals surface area (Å²) in [7, 11) is 0. The SMILES string of the molecule is C=CCN(CCN1CCOCC1)C(=O)C1N([C@H](CO)c2ccccc2)C(=O)[C@@H]2[C@@H](C(=O)N(CC=C)Cc3ccccc3)[C@H]3CC(C)C12S3. The molecule has 0 aliphatic carbocycles. The Balaban J connectivity index is 1.39. The Morgan fingerprint density at radius 3 is 2.31 bits per heavy atom. The standard InChI is InChI=1S/C38H48N4O5S/c1-4-16-40(19-18-39-20-22-47-23-21-39)37(46)34-38-27(3)24-31(48-38)32(35(44)41(17-5-2)25-28-12-8-6-9-13-28)33(38)36(45)42(34)30(26-43)29-14-10-7-11-15-29/h4-15,27,30-34,43H,1-2,16-26H2,3H3/t27?,30-,31-,32+,33+,34?,38?/m1/s1. The van der Waals surface area contributed by atoms with Gasteiger partial charge < -0.3 is 24.5 Å². The van der Waals surface area contributed by atoms with E-state index in [1.807, 2.05) is 65.6 Å². The Labute approximate surface area is 288 Å². The number of rotatable bonds is 14. The second kappa shape index (κ2) is 15.0. The molecule has 10 heteroatoms. The molecule has 2 aromatic carbocycles. The van der Waals surface area contributed by atoms with Gasteiger partial charge in [-0.15, -0.1) is 24.9 Å². The highest BCUT2D eigenvalue weighted by Gasteiger charge is 2.77. The summed E-state index contributed by atoms with van der Waals surface area (Å²) in [6, 6.07) is 17.7. The van der Waals surface area contributed by atoms with Crippen molar-refractivity contribution >= 4 is 29.5 Å². The minimum Gasteiger partial charge on any atom is -0.394 e. The first-order chi connectivity index (χ1) is 23.3. The first kappa shape index (κ1) is 34.4. The van der Waals surface area contributed by atoms with Crippen molar-refractivity contribution < 1.29 is 24.2 Å². The zero-order chi connectivity index (χ0) is 33.8. The molecule has 4 aliphatic rings. The first-order valence-electron chi connectivity index (χ1n) is 17.1. The van der Waals surface area contributed by atoms with Gasteiger partial charge in [-0.2, -0.15) is 0 Å². The van der Waals surface area contributed by atoms with Gasteiger partial charge in [0.2, 0.25) is 17.7 Å². The molecule has 7 atom stereocenters. The van der Waals surface area contributed by atoms with E-state index < -0.39 is 28.7 Å². The minimum atomic E-state index is -0.846. The number of hydrogen-bond donors (Lipinski definition) is 1. The molecule has 48 heavy (non-hydrogen) atoms. The zero-order valence-corrected chi connectivity index (χ0v) is 28.7. The lowest BCUT2D eigenvalue weighted by molar-refractivity contribution is -0.147. The molecule has 3 amide bonds. The number of nitrogens with zero attached hydrogens (tertiary/aromatic N) is 4. The van der Waals surface area contributed by atoms with Gasteiger partial charge in [0.15, 0.2) is 0 Å². The predicted molar refractivity (Wildman–Crippen MR) is 188 cm³/mol. The fourth-order valence-electron chi connectivity index (χ4n) is 8.50. The van der Waals surface area contributed by atoms with E-state index in [-0.39, 0.29) is 35.5 Å². The summed E-state index contributed by atoms with van der Waals surface area (Å²) >= 11 is 1.67. The Kier molecular flexibility index (Phi) is 10.7. The molecule has 4 saturated heterocycles. The summed E-state index contributed by atoms with van der Waals surface area (Å²) in [5, 5.41) is 10.8. The van der Waals surface area contributed by atoms with Crippen LogP contribution >= 0.6 is 11.8 Å². The summed E-state index contributed by atoms with van der Waals surface area (Å²) in [6.07, 6.45) is 4.20. The molecule has 1 spiro atoms. The third kappa shape index (κ3) is 6.24. The molecule has 2 aromatic rings. The van der Waals surface area contributed by atoms with Crippen LogP contribution in [-0.4, -0.2) is 118 Å². The van der Waals surface area contributed by atoms with Crippen LogP contribution in [0.3, 0.4) is 0 Å². The Bertz CT molecular complexity index is 1470. The van der Waals surface area contributed by atoms with Crippen molar-refractivity contribution in [1.82, 2.24) is 19.6 Å². The smallest absolute Gasteiger partial charge is 0.247 e. The molecule has 4 heterocycles. The maximum Gasteiger partial charge on any atom is 0.247 e. The Morgan fingerprint density at radius 1 is 1.02 bits per heavy atom. The molecular formula is C38H48N4O5S. The summed E-state index contributed by atoms with van der Waals surface area (Å²) in [5.74, 6) is -1.71. The van der Waals surface area contributed by atoms with Gasteiger partial charge in [-0.25, -0.2) is 0 Å². The first-order valence-corrected chi connectivity index (χ1v) is 18.0. The van der Waals surface area contributed by atoms with Gasteiger partial charge in [-0.05, 0) is 23.5 Å². The lowest BCUT2D eigenvalue weighted by atomic mass is 9.65. The minimum absolute atomic E-state index is 0.00590. The maximum atomic E-state index is 15.1. The number of benzene rings is 2. The van der Waals surface area contributed by atoms with Crippen molar-refractivity contribution in [1.29, 1.82) is 0 Å². The highest BCUT2D eigenvalue weighted by Crippen LogP contribution is 2.69. The van der Waals surface area contributed by atoms with Crippen LogP contribution in [0.1, 0.15) is 30.5 Å². The molecule has 4 aliphatic heterocycles. The topological polar surface area (TPSA) is 93.6 Å². The van der Waals surface area contributed by atoms with E-state index in [0.717, 1.165) is 30.6 Å². The van der Waals surface area contributed by atoms with Gasteiger partial charge in [0, 0.05) is 51.1 Å². The molecule has 3 unspecified atom stereocenters. The van der Waals surface area contributed by atoms with Crippen molar-refractivity contribution in [2.75, 3.05) is 59.1 Å². The number of aliphatic hydroxyl groups is 1. The number of amides is 3. The van der Waals surface area contributed by atoms with Crippen LogP contribution in [0.15, 0.2) is 86.0 Å². The molecule has 4 fully saturated rings. The fraction of sp³-hybridized carbons (Fsp3) is 0.500. The van der Waals surface area contributed by atoms with Crippen LogP contribution in [0, 0.1) is 17.8 Å². The van der Waals surface area contributed by atoms with E-state index in [1.165, 1.54) is 0 Å². The normalized spacial score (nSPS) is 28.6. The molecule has 1 N–H and O–H groups in total. The van der Waals surface area contributed by atoms with E-state index in [0.29, 0.717) is 45.9 Å². The van der Waals surface area contributed by atoms with E-state index in [4.69, 9.17) is 4.74 Å². The number of likely N-dealkylation sites (tertiary alicyclic amines) is 1. The Hall–Kier alpha value is -3.44. The average molecular weight is 673 g/mol. The Morgan fingerprint density at radius 2 is 1.67 bits per heavy atom. The van der Waals surface area contributed by atoms with Gasteiger partial charge in [0.1, 0.15) is 6.04 Å². The number of morpholine rings is 1. The van der Waals surface area contributed by atoms with Crippen LogP contribution in [0.25, 0.3) is 0 Å². The predicted octanol–water partition coefficient (Wildman–Crippen LogP) is 3.62. The summed E-state index contributed by atoms with van der Waals surface area (Å²) in [5.41, 5.74) is 1.77. The molecule has 6 rings (SSSR count). The van der Waals surface area contributed by atoms with E-state index in [2.05, 4.69) is 25.0 Å². The zero-order valence-electron chi connectivity index (χ0n) is 27.9. The number of thioether (sulfide) groups is 1. The molecule has 9 nitrogen and oxygen atoms in total. The third-order valence-electron chi connectivity index (χ3n) is 10.7. The number of carbonyl (C=O) groups is 3. The highest BCUT2D eigenvalue weighted by molar-refractivity contribution is 8.02. The highest BCUT2D eigenvalue weighted by atomic mass is 32.2. The number of ether oxygens (including phenoxy) is 1. The number of carbonyl (C=O) groups excluding carboxylic acids is 3. The maximum absolute atomic E-state index is 15.1. The van der Waals surface area contributed by atoms with Crippen LogP contribution < -0.4 is 0 Å². The molecule has 0 aromatic heterocycles. The van der Waals surface area contributed by atoms with Crippen LogP contribution in [0.5, 0.6) is 0 Å². The second-order valence-corrected chi connectivity index (χ2v) is 15.0. The molecule has 2 bridgehead atoms. The lowest BCUT2D eigenvalue weighted by Gasteiger charge is -2.42. The summed E-state index contributed by atoms with van der Waals surface area (Å²) in [6.45, 7) is 14.9. The van der Waals surface area contributed by atoms with Crippen molar-refractivity contribution in [3.8, 4) is 0 Å². The van der Waals surface area contributed by atoms with E-state index in [9.17, 15) is 9.90 Å². The molecule has 256 valence electrons. The second-order valence-electron chi connectivity index (χ2n) is 13.4. The van der Waals surface area contributed by atoms with Crippen molar-refractivity contribution in [2.45, 2.75) is 42.0 Å². The summed E-state index contributed by atoms with van der Waals surface area (Å²) < 4.78 is 4.72. The lowest BCUT2D eigenvalue weighted by Crippen LogP contribution is -2.58. The molecule has 0 saturated carbocycles. The van der Waals surface area contributed by atoms with Crippen molar-refractivity contribution in [3.63, 3.8) is 0 Å². The summed E-state index contributed by atoms with van der Waals surface area (Å²) in [4.78, 5) is 52.3. The third-order valence-corrected chi connectivity index (χ3v) is 12.8. The van der Waals surface area contributed by atoms with Crippen LogP contribution in [-0.2, 0) is 25.7 Å². The monoisotopic (exact) mass is 672 g/mol.